The molecule has 0 saturated heterocycles. The van der Waals surface area contributed by atoms with Crippen molar-refractivity contribution in [2.75, 3.05) is 0 Å². The van der Waals surface area contributed by atoms with Crippen LogP contribution in [-0.2, 0) is 11.9 Å². The number of aromatic nitrogens is 1. The summed E-state index contributed by atoms with van der Waals surface area (Å²) in [6, 6.07) is 9.10. The molecule has 0 saturated carbocycles. The van der Waals surface area contributed by atoms with Crippen LogP contribution in [0.25, 0.3) is 0 Å². The van der Waals surface area contributed by atoms with Gasteiger partial charge in [-0.05, 0) is 29.8 Å². The number of nitriles is 1. The molecule has 1 aromatic carbocycles. The first-order chi connectivity index (χ1) is 10.8. The molecule has 4 nitrogen and oxygen atoms in total. The van der Waals surface area contributed by atoms with E-state index in [-0.39, 0.29) is 22.0 Å². The van der Waals surface area contributed by atoms with Crippen molar-refractivity contribution in [1.82, 2.24) is 4.98 Å². The summed E-state index contributed by atoms with van der Waals surface area (Å²) >= 11 is 1.09. The Bertz CT molecular complexity index is 768. The lowest BCUT2D eigenvalue weighted by Gasteiger charge is -2.08. The average molecular weight is 338 g/mol. The van der Waals surface area contributed by atoms with Crippen LogP contribution in [-0.4, -0.2) is 16.1 Å². The summed E-state index contributed by atoms with van der Waals surface area (Å²) in [4.78, 5) is 14.8. The van der Waals surface area contributed by atoms with E-state index in [1.54, 1.807) is 0 Å². The highest BCUT2D eigenvalue weighted by molar-refractivity contribution is 7.98. The Kier molecular flexibility index (Phi) is 4.91. The van der Waals surface area contributed by atoms with Crippen LogP contribution in [0.1, 0.15) is 27.2 Å². The molecule has 0 spiro atoms. The maximum absolute atomic E-state index is 12.5. The first-order valence-corrected chi connectivity index (χ1v) is 7.23. The Morgan fingerprint density at radius 3 is 2.39 bits per heavy atom. The molecule has 0 unspecified atom stereocenters. The van der Waals surface area contributed by atoms with E-state index in [2.05, 4.69) is 4.98 Å². The summed E-state index contributed by atoms with van der Waals surface area (Å²) in [5, 5.41) is 18.1. The van der Waals surface area contributed by atoms with Gasteiger partial charge in [0.15, 0.2) is 0 Å². The molecule has 0 aliphatic heterocycles. The largest absolute Gasteiger partial charge is 0.477 e. The molecular formula is C15H9F3N2O2S. The average Bonchev–Trinajstić information content (AvgIpc) is 2.52. The molecule has 0 fully saturated rings. The molecule has 1 heterocycles. The SMILES string of the molecule is N#Cc1ccc(C(=O)O)nc1SCc1ccc(C(F)(F)F)cc1. The lowest BCUT2D eigenvalue weighted by Crippen LogP contribution is -2.04. The van der Waals surface area contributed by atoms with Crippen molar-refractivity contribution in [2.24, 2.45) is 0 Å². The minimum atomic E-state index is -4.39. The fourth-order valence-corrected chi connectivity index (χ4v) is 2.62. The molecule has 0 bridgehead atoms. The molecular weight excluding hydrogens is 329 g/mol. The Labute approximate surface area is 133 Å². The van der Waals surface area contributed by atoms with E-state index >= 15 is 0 Å². The number of benzene rings is 1. The van der Waals surface area contributed by atoms with Gasteiger partial charge in [-0.15, -0.1) is 11.8 Å². The molecule has 0 amide bonds. The number of carboxylic acids is 1. The minimum absolute atomic E-state index is 0.195. The van der Waals surface area contributed by atoms with Gasteiger partial charge in [0.25, 0.3) is 0 Å². The number of nitrogens with zero attached hydrogens (tertiary/aromatic N) is 2. The third-order valence-corrected chi connectivity index (χ3v) is 3.92. The second-order valence-electron chi connectivity index (χ2n) is 4.45. The van der Waals surface area contributed by atoms with Gasteiger partial charge < -0.3 is 5.11 Å². The fourth-order valence-electron chi connectivity index (χ4n) is 1.70. The maximum atomic E-state index is 12.5. The highest BCUT2D eigenvalue weighted by Gasteiger charge is 2.29. The molecule has 0 aliphatic carbocycles. The van der Waals surface area contributed by atoms with E-state index in [1.165, 1.54) is 24.3 Å². The second-order valence-corrected chi connectivity index (χ2v) is 5.41. The summed E-state index contributed by atoms with van der Waals surface area (Å²) in [5.41, 5.74) is -0.116. The van der Waals surface area contributed by atoms with Crippen LogP contribution in [0.2, 0.25) is 0 Å². The molecule has 2 rings (SSSR count). The van der Waals surface area contributed by atoms with Crippen LogP contribution < -0.4 is 0 Å². The molecule has 23 heavy (non-hydrogen) atoms. The number of pyridine rings is 1. The topological polar surface area (TPSA) is 74.0 Å². The highest BCUT2D eigenvalue weighted by Crippen LogP contribution is 2.30. The van der Waals surface area contributed by atoms with Gasteiger partial charge in [-0.3, -0.25) is 0 Å². The van der Waals surface area contributed by atoms with E-state index in [4.69, 9.17) is 10.4 Å². The molecule has 118 valence electrons. The lowest BCUT2D eigenvalue weighted by molar-refractivity contribution is -0.137. The normalized spacial score (nSPS) is 11.0. The van der Waals surface area contributed by atoms with Crippen molar-refractivity contribution >= 4 is 17.7 Å². The van der Waals surface area contributed by atoms with Crippen LogP contribution in [0.3, 0.4) is 0 Å². The maximum Gasteiger partial charge on any atom is 0.416 e. The molecule has 0 radical (unpaired) electrons. The van der Waals surface area contributed by atoms with Gasteiger partial charge in [0.2, 0.25) is 0 Å². The number of hydrogen-bond acceptors (Lipinski definition) is 4. The first-order valence-electron chi connectivity index (χ1n) is 6.24. The van der Waals surface area contributed by atoms with E-state index in [0.717, 1.165) is 23.9 Å². The van der Waals surface area contributed by atoms with E-state index in [1.807, 2.05) is 6.07 Å². The van der Waals surface area contributed by atoms with Crippen LogP contribution in [0.5, 0.6) is 0 Å². The van der Waals surface area contributed by atoms with Crippen molar-refractivity contribution < 1.29 is 23.1 Å². The van der Waals surface area contributed by atoms with Crippen molar-refractivity contribution in [1.29, 1.82) is 5.26 Å². The summed E-state index contributed by atoms with van der Waals surface area (Å²) in [5.74, 6) is -0.950. The zero-order valence-electron chi connectivity index (χ0n) is 11.5. The van der Waals surface area contributed by atoms with Gasteiger partial charge in [0.05, 0.1) is 11.1 Å². The predicted octanol–water partition coefficient (Wildman–Crippen LogP) is 3.96. The number of rotatable bonds is 4. The van der Waals surface area contributed by atoms with Gasteiger partial charge in [0.1, 0.15) is 16.8 Å². The number of alkyl halides is 3. The quantitative estimate of drug-likeness (QED) is 0.854. The third-order valence-electron chi connectivity index (χ3n) is 2.86. The molecule has 1 N–H and O–H groups in total. The Hall–Kier alpha value is -2.53. The van der Waals surface area contributed by atoms with Gasteiger partial charge in [0, 0.05) is 5.75 Å². The van der Waals surface area contributed by atoms with E-state index in [0.29, 0.717) is 5.56 Å². The molecule has 2 aromatic rings. The zero-order valence-corrected chi connectivity index (χ0v) is 12.3. The lowest BCUT2D eigenvalue weighted by atomic mass is 10.1. The van der Waals surface area contributed by atoms with E-state index < -0.39 is 17.7 Å². The monoisotopic (exact) mass is 338 g/mol. The smallest absolute Gasteiger partial charge is 0.416 e. The Morgan fingerprint density at radius 1 is 1.22 bits per heavy atom. The minimum Gasteiger partial charge on any atom is -0.477 e. The molecule has 8 heteroatoms. The zero-order chi connectivity index (χ0) is 17.0. The molecule has 1 aromatic heterocycles. The summed E-state index contributed by atoms with van der Waals surface area (Å²) in [7, 11) is 0. The van der Waals surface area contributed by atoms with Crippen molar-refractivity contribution in [2.45, 2.75) is 17.0 Å². The third kappa shape index (κ3) is 4.23. The predicted molar refractivity (Wildman–Crippen MR) is 76.9 cm³/mol. The number of halogens is 3. The first kappa shape index (κ1) is 16.8. The number of hydrogen-bond donors (Lipinski definition) is 1. The number of carbonyl (C=O) groups is 1. The van der Waals surface area contributed by atoms with Gasteiger partial charge in [-0.25, -0.2) is 9.78 Å². The van der Waals surface area contributed by atoms with Gasteiger partial charge in [-0.2, -0.15) is 18.4 Å². The van der Waals surface area contributed by atoms with Crippen LogP contribution in [0.4, 0.5) is 13.2 Å². The number of carboxylic acid groups (broad SMARTS) is 1. The number of aromatic carboxylic acids is 1. The summed E-state index contributed by atoms with van der Waals surface area (Å²) < 4.78 is 37.4. The Morgan fingerprint density at radius 2 is 1.87 bits per heavy atom. The standard InChI is InChI=1S/C15H9F3N2O2S/c16-15(17,18)11-4-1-9(2-5-11)8-23-13-10(7-19)3-6-12(20-13)14(21)22/h1-6H,8H2,(H,21,22). The summed E-state index contributed by atoms with van der Waals surface area (Å²) in [6.45, 7) is 0. The van der Waals surface area contributed by atoms with E-state index in [9.17, 15) is 18.0 Å². The number of thioether (sulfide) groups is 1. The molecule has 0 atom stereocenters. The van der Waals surface area contributed by atoms with Crippen LogP contribution in [0.15, 0.2) is 41.4 Å². The summed E-state index contributed by atoms with van der Waals surface area (Å²) in [6.07, 6.45) is -4.39. The second kappa shape index (κ2) is 6.71. The van der Waals surface area contributed by atoms with Crippen molar-refractivity contribution in [3.63, 3.8) is 0 Å². The van der Waals surface area contributed by atoms with Crippen molar-refractivity contribution in [3.8, 4) is 6.07 Å². The van der Waals surface area contributed by atoms with Crippen LogP contribution in [0, 0.1) is 11.3 Å². The van der Waals surface area contributed by atoms with Gasteiger partial charge >= 0.3 is 12.1 Å². The van der Waals surface area contributed by atoms with Crippen molar-refractivity contribution in [3.05, 3.63) is 58.8 Å². The van der Waals surface area contributed by atoms with Crippen LogP contribution >= 0.6 is 11.8 Å². The Balaban J connectivity index is 2.16. The fraction of sp³-hybridized carbons (Fsp3) is 0.133. The molecule has 0 aliphatic rings. The van der Waals surface area contributed by atoms with Gasteiger partial charge in [-0.1, -0.05) is 12.1 Å². The highest BCUT2D eigenvalue weighted by atomic mass is 32.2.